The van der Waals surface area contributed by atoms with Gasteiger partial charge < -0.3 is 4.74 Å². The second kappa shape index (κ2) is 7.78. The summed E-state index contributed by atoms with van der Waals surface area (Å²) in [4.78, 5) is 26.8. The smallest absolute Gasteiger partial charge is 0.416 e. The van der Waals surface area contributed by atoms with Crippen molar-refractivity contribution in [1.29, 1.82) is 0 Å². The van der Waals surface area contributed by atoms with Crippen LogP contribution >= 0.6 is 0 Å². The van der Waals surface area contributed by atoms with E-state index in [1.165, 1.54) is 12.1 Å². The average Bonchev–Trinajstić information content (AvgIpc) is 2.67. The second-order valence-electron chi connectivity index (χ2n) is 8.00. The van der Waals surface area contributed by atoms with Crippen LogP contribution in [-0.4, -0.2) is 34.8 Å². The Kier molecular flexibility index (Phi) is 5.72. The van der Waals surface area contributed by atoms with Crippen LogP contribution in [0.3, 0.4) is 0 Å². The molecule has 1 aromatic carbocycles. The standard InChI is InChI=1S/C22H24F3NO3/c1-14-12-17(27)8-9-18(14)20-26(10-5-11-29-20)21(2,3)19(28)15-6-4-7-16(13-15)22(23,24)25/h4-7,11,13,20H,8-10,12H2,1-3H3. The number of nitrogens with zero attached hydrogens (tertiary/aromatic N) is 1. The Hall–Kier alpha value is -2.41. The molecule has 0 radical (unpaired) electrons. The van der Waals surface area contributed by atoms with Crippen molar-refractivity contribution in [2.24, 2.45) is 0 Å². The van der Waals surface area contributed by atoms with Crippen LogP contribution in [0.25, 0.3) is 0 Å². The first kappa shape index (κ1) is 21.3. The number of hydrogen-bond donors (Lipinski definition) is 0. The number of allylic oxidation sites excluding steroid dienone is 1. The van der Waals surface area contributed by atoms with Gasteiger partial charge in [0, 0.05) is 24.9 Å². The zero-order valence-corrected chi connectivity index (χ0v) is 16.7. The molecule has 4 nitrogen and oxygen atoms in total. The van der Waals surface area contributed by atoms with Gasteiger partial charge in [-0.25, -0.2) is 4.90 Å². The van der Waals surface area contributed by atoms with Gasteiger partial charge in [-0.2, -0.15) is 13.2 Å². The molecule has 1 aliphatic heterocycles. The molecule has 0 saturated carbocycles. The van der Waals surface area contributed by atoms with E-state index in [1.807, 2.05) is 11.8 Å². The van der Waals surface area contributed by atoms with Gasteiger partial charge >= 0.3 is 6.18 Å². The topological polar surface area (TPSA) is 46.6 Å². The summed E-state index contributed by atoms with van der Waals surface area (Å²) in [5, 5.41) is 0. The van der Waals surface area contributed by atoms with Gasteiger partial charge in [0.2, 0.25) is 0 Å². The normalized spacial score (nSPS) is 21.3. The molecule has 0 aromatic heterocycles. The maximum Gasteiger partial charge on any atom is 0.416 e. The molecular weight excluding hydrogens is 383 g/mol. The van der Waals surface area contributed by atoms with Gasteiger partial charge in [0.25, 0.3) is 0 Å². The van der Waals surface area contributed by atoms with Crippen molar-refractivity contribution >= 4 is 11.6 Å². The van der Waals surface area contributed by atoms with E-state index in [-0.39, 0.29) is 11.3 Å². The summed E-state index contributed by atoms with van der Waals surface area (Å²) in [5.74, 6) is -0.249. The molecule has 0 bridgehead atoms. The Labute approximate surface area is 168 Å². The molecule has 1 heterocycles. The summed E-state index contributed by atoms with van der Waals surface area (Å²) in [7, 11) is 0. The van der Waals surface area contributed by atoms with Crippen molar-refractivity contribution in [1.82, 2.24) is 4.90 Å². The number of carbonyl (C=O) groups is 2. The fraction of sp³-hybridized carbons (Fsp3) is 0.455. The third kappa shape index (κ3) is 4.29. The lowest BCUT2D eigenvalue weighted by atomic mass is 9.86. The molecule has 0 N–H and O–H groups in total. The molecular formula is C22H24F3NO3. The van der Waals surface area contributed by atoms with Crippen LogP contribution in [0.4, 0.5) is 13.2 Å². The van der Waals surface area contributed by atoms with Crippen LogP contribution in [0.15, 0.2) is 47.7 Å². The molecule has 156 valence electrons. The largest absolute Gasteiger partial charge is 0.479 e. The van der Waals surface area contributed by atoms with Crippen molar-refractivity contribution < 1.29 is 27.5 Å². The molecule has 1 aromatic rings. The minimum absolute atomic E-state index is 0.00246. The van der Waals surface area contributed by atoms with E-state index >= 15 is 0 Å². The lowest BCUT2D eigenvalue weighted by Crippen LogP contribution is -2.57. The van der Waals surface area contributed by atoms with Crippen LogP contribution < -0.4 is 0 Å². The summed E-state index contributed by atoms with van der Waals surface area (Å²) in [6.45, 7) is 5.67. The number of Topliss-reactive ketones (excluding diaryl/α,β-unsaturated/α-hetero) is 2. The number of alkyl halides is 3. The number of carbonyl (C=O) groups excluding carboxylic acids is 2. The highest BCUT2D eigenvalue weighted by Crippen LogP contribution is 2.35. The van der Waals surface area contributed by atoms with Gasteiger partial charge in [0.15, 0.2) is 12.0 Å². The van der Waals surface area contributed by atoms with Crippen molar-refractivity contribution in [2.75, 3.05) is 6.54 Å². The van der Waals surface area contributed by atoms with Crippen molar-refractivity contribution in [3.63, 3.8) is 0 Å². The van der Waals surface area contributed by atoms with Gasteiger partial charge in [-0.1, -0.05) is 17.7 Å². The lowest BCUT2D eigenvalue weighted by molar-refractivity contribution is -0.137. The molecule has 1 aliphatic carbocycles. The molecule has 0 saturated heterocycles. The highest BCUT2D eigenvalue weighted by molar-refractivity contribution is 6.03. The van der Waals surface area contributed by atoms with Gasteiger partial charge in [-0.05, 0) is 51.0 Å². The minimum atomic E-state index is -4.52. The molecule has 0 amide bonds. The Morgan fingerprint density at radius 1 is 1.21 bits per heavy atom. The summed E-state index contributed by atoms with van der Waals surface area (Å²) < 4.78 is 45.1. The maximum atomic E-state index is 13.2. The number of hydrogen-bond acceptors (Lipinski definition) is 4. The molecule has 2 aliphatic rings. The van der Waals surface area contributed by atoms with Gasteiger partial charge in [0.1, 0.15) is 5.78 Å². The molecule has 1 unspecified atom stereocenters. The van der Waals surface area contributed by atoms with E-state index < -0.39 is 29.3 Å². The summed E-state index contributed by atoms with van der Waals surface area (Å²) in [6.07, 6.45) is -0.382. The van der Waals surface area contributed by atoms with Crippen LogP contribution in [0, 0.1) is 0 Å². The van der Waals surface area contributed by atoms with Gasteiger partial charge in [-0.3, -0.25) is 9.59 Å². The Balaban J connectivity index is 1.94. The third-order valence-corrected chi connectivity index (χ3v) is 5.60. The van der Waals surface area contributed by atoms with Crippen LogP contribution in [0.2, 0.25) is 0 Å². The zero-order valence-electron chi connectivity index (χ0n) is 16.7. The van der Waals surface area contributed by atoms with Crippen LogP contribution in [0.5, 0.6) is 0 Å². The Bertz CT molecular complexity index is 884. The van der Waals surface area contributed by atoms with Gasteiger partial charge in [-0.15, -0.1) is 0 Å². The monoisotopic (exact) mass is 407 g/mol. The van der Waals surface area contributed by atoms with Gasteiger partial charge in [0.05, 0.1) is 17.4 Å². The second-order valence-corrected chi connectivity index (χ2v) is 8.00. The molecule has 0 spiro atoms. The third-order valence-electron chi connectivity index (χ3n) is 5.60. The maximum absolute atomic E-state index is 13.2. The van der Waals surface area contributed by atoms with E-state index in [0.29, 0.717) is 25.8 Å². The summed E-state index contributed by atoms with van der Waals surface area (Å²) in [6, 6.07) is 4.49. The first-order valence-electron chi connectivity index (χ1n) is 9.51. The number of rotatable bonds is 4. The van der Waals surface area contributed by atoms with Crippen LogP contribution in [-0.2, 0) is 15.7 Å². The highest BCUT2D eigenvalue weighted by atomic mass is 19.4. The van der Waals surface area contributed by atoms with E-state index in [2.05, 4.69) is 0 Å². The molecule has 3 rings (SSSR count). The fourth-order valence-corrected chi connectivity index (χ4v) is 3.89. The number of benzene rings is 1. The Morgan fingerprint density at radius 3 is 2.59 bits per heavy atom. The van der Waals surface area contributed by atoms with Crippen molar-refractivity contribution in [2.45, 2.75) is 58.0 Å². The van der Waals surface area contributed by atoms with E-state index in [4.69, 9.17) is 4.74 Å². The number of ketones is 2. The predicted octanol–water partition coefficient (Wildman–Crippen LogP) is 4.91. The van der Waals surface area contributed by atoms with Crippen molar-refractivity contribution in [3.8, 4) is 0 Å². The zero-order chi connectivity index (χ0) is 21.4. The van der Waals surface area contributed by atoms with Crippen molar-refractivity contribution in [3.05, 3.63) is 58.9 Å². The number of ether oxygens (including phenoxy) is 1. The summed E-state index contributed by atoms with van der Waals surface area (Å²) in [5.41, 5.74) is -0.0841. The fourth-order valence-electron chi connectivity index (χ4n) is 3.89. The first-order valence-corrected chi connectivity index (χ1v) is 9.51. The van der Waals surface area contributed by atoms with Crippen LogP contribution in [0.1, 0.15) is 56.0 Å². The molecule has 1 atom stereocenters. The lowest BCUT2D eigenvalue weighted by Gasteiger charge is -2.44. The molecule has 7 heteroatoms. The molecule has 0 fully saturated rings. The first-order chi connectivity index (χ1) is 13.5. The quantitative estimate of drug-likeness (QED) is 0.526. The van der Waals surface area contributed by atoms with E-state index in [0.717, 1.165) is 23.3 Å². The summed E-state index contributed by atoms with van der Waals surface area (Å²) >= 11 is 0. The molecule has 29 heavy (non-hydrogen) atoms. The number of halogens is 3. The minimum Gasteiger partial charge on any atom is -0.479 e. The predicted molar refractivity (Wildman–Crippen MR) is 102 cm³/mol. The van der Waals surface area contributed by atoms with E-state index in [9.17, 15) is 22.8 Å². The SMILES string of the molecule is CC1=C(C2OC=CCN2C(C)(C)C(=O)c2cccc(C(F)(F)F)c2)CCC(=O)C1. The highest BCUT2D eigenvalue weighted by Gasteiger charge is 2.43. The average molecular weight is 407 g/mol. The van der Waals surface area contributed by atoms with E-state index in [1.54, 1.807) is 26.2 Å². The Morgan fingerprint density at radius 2 is 1.93 bits per heavy atom.